The van der Waals surface area contributed by atoms with Gasteiger partial charge in [0, 0.05) is 24.3 Å². The molecule has 0 aliphatic rings. The summed E-state index contributed by atoms with van der Waals surface area (Å²) in [6.07, 6.45) is 1.77. The molecular weight excluding hydrogens is 377 g/mol. The Kier molecular flexibility index (Phi) is 8.07. The summed E-state index contributed by atoms with van der Waals surface area (Å²) >= 11 is 5.14. The van der Waals surface area contributed by atoms with Gasteiger partial charge in [0.15, 0.2) is 5.11 Å². The zero-order chi connectivity index (χ0) is 20.5. The third-order valence-corrected chi connectivity index (χ3v) is 4.19. The third kappa shape index (κ3) is 5.85. The molecule has 0 aliphatic carbocycles. The zero-order valence-electron chi connectivity index (χ0n) is 16.0. The van der Waals surface area contributed by atoms with E-state index in [0.29, 0.717) is 24.3 Å². The van der Waals surface area contributed by atoms with Crippen molar-refractivity contribution >= 4 is 34.8 Å². The molecule has 2 N–H and O–H groups in total. The Bertz CT molecular complexity index is 851. The van der Waals surface area contributed by atoms with Crippen LogP contribution < -0.4 is 10.6 Å². The van der Waals surface area contributed by atoms with Gasteiger partial charge in [-0.05, 0) is 55.4 Å². The van der Waals surface area contributed by atoms with Crippen LogP contribution in [0.2, 0.25) is 0 Å². The predicted octanol–water partition coefficient (Wildman–Crippen LogP) is 4.21. The van der Waals surface area contributed by atoms with E-state index in [2.05, 4.69) is 10.6 Å². The monoisotopic (exact) mass is 401 g/mol. The molecule has 0 aromatic heterocycles. The summed E-state index contributed by atoms with van der Waals surface area (Å²) in [5.74, 6) is -1.31. The van der Waals surface area contributed by atoms with E-state index in [1.165, 1.54) is 18.2 Å². The maximum atomic E-state index is 13.7. The minimum absolute atomic E-state index is 0.0248. The fourth-order valence-electron chi connectivity index (χ4n) is 2.75. The number of nitrogens with zero attached hydrogens (tertiary/aromatic N) is 1. The highest BCUT2D eigenvalue weighted by Crippen LogP contribution is 2.14. The van der Waals surface area contributed by atoms with Gasteiger partial charge in [0.05, 0.1) is 5.56 Å². The number of carbonyl (C=O) groups excluding carboxylic acids is 2. The number of hydrogen-bond donors (Lipinski definition) is 2. The summed E-state index contributed by atoms with van der Waals surface area (Å²) in [7, 11) is 0. The van der Waals surface area contributed by atoms with E-state index in [-0.39, 0.29) is 16.6 Å². The molecule has 0 bridgehead atoms. The number of thiocarbonyl (C=S) groups is 1. The van der Waals surface area contributed by atoms with E-state index in [4.69, 9.17) is 12.2 Å². The van der Waals surface area contributed by atoms with Crippen molar-refractivity contribution in [3.63, 3.8) is 0 Å². The van der Waals surface area contributed by atoms with E-state index in [0.717, 1.165) is 12.8 Å². The highest BCUT2D eigenvalue weighted by Gasteiger charge is 2.15. The molecule has 0 saturated heterocycles. The molecule has 5 nitrogen and oxygen atoms in total. The maximum Gasteiger partial charge on any atom is 0.260 e. The molecule has 148 valence electrons. The molecule has 28 heavy (non-hydrogen) atoms. The molecular formula is C21H24FN3O2S. The topological polar surface area (TPSA) is 61.4 Å². The minimum Gasteiger partial charge on any atom is -0.339 e. The fourth-order valence-corrected chi connectivity index (χ4v) is 2.96. The van der Waals surface area contributed by atoms with Crippen LogP contribution >= 0.6 is 12.2 Å². The second-order valence-corrected chi connectivity index (χ2v) is 6.67. The van der Waals surface area contributed by atoms with Crippen LogP contribution in [0.1, 0.15) is 47.4 Å². The minimum atomic E-state index is -0.639. The van der Waals surface area contributed by atoms with Gasteiger partial charge in [-0.2, -0.15) is 0 Å². The second-order valence-electron chi connectivity index (χ2n) is 6.26. The Morgan fingerprint density at radius 3 is 2.36 bits per heavy atom. The number of anilines is 1. The van der Waals surface area contributed by atoms with Crippen molar-refractivity contribution in [3.05, 3.63) is 65.5 Å². The average Bonchev–Trinajstić information content (AvgIpc) is 2.67. The number of halogens is 1. The number of rotatable bonds is 7. The molecule has 0 heterocycles. The van der Waals surface area contributed by atoms with Crippen LogP contribution in [0.3, 0.4) is 0 Å². The summed E-state index contributed by atoms with van der Waals surface area (Å²) < 4.78 is 13.7. The van der Waals surface area contributed by atoms with Crippen LogP contribution in [-0.4, -0.2) is 34.9 Å². The van der Waals surface area contributed by atoms with Crippen LogP contribution in [0.15, 0.2) is 48.5 Å². The SMILES string of the molecule is CCCN(CCC)C(=O)c1cccc(NC(=S)NC(=O)c2ccccc2F)c1. The van der Waals surface area contributed by atoms with Gasteiger partial charge >= 0.3 is 0 Å². The quantitative estimate of drug-likeness (QED) is 0.682. The first kappa shape index (κ1) is 21.5. The maximum absolute atomic E-state index is 13.7. The Hall–Kier alpha value is -2.80. The second kappa shape index (κ2) is 10.5. The predicted molar refractivity (Wildman–Crippen MR) is 113 cm³/mol. The van der Waals surface area contributed by atoms with Gasteiger partial charge in [-0.25, -0.2) is 4.39 Å². The van der Waals surface area contributed by atoms with Gasteiger partial charge in [0.1, 0.15) is 5.82 Å². The van der Waals surface area contributed by atoms with E-state index in [9.17, 15) is 14.0 Å². The smallest absolute Gasteiger partial charge is 0.260 e. The summed E-state index contributed by atoms with van der Waals surface area (Å²) in [6.45, 7) is 5.46. The van der Waals surface area contributed by atoms with Gasteiger partial charge in [0.25, 0.3) is 11.8 Å². The molecule has 0 unspecified atom stereocenters. The van der Waals surface area contributed by atoms with Crippen molar-refractivity contribution in [3.8, 4) is 0 Å². The lowest BCUT2D eigenvalue weighted by Gasteiger charge is -2.21. The van der Waals surface area contributed by atoms with Gasteiger partial charge < -0.3 is 10.2 Å². The Balaban J connectivity index is 2.05. The molecule has 0 aliphatic heterocycles. The van der Waals surface area contributed by atoms with Crippen LogP contribution in [0.25, 0.3) is 0 Å². The standard InChI is InChI=1S/C21H24FN3O2S/c1-3-12-25(13-4-2)20(27)15-8-7-9-16(14-15)23-21(28)24-19(26)17-10-5-6-11-18(17)22/h5-11,14H,3-4,12-13H2,1-2H3,(H2,23,24,26,28). The number of nitrogens with one attached hydrogen (secondary N) is 2. The Labute approximate surface area is 169 Å². The number of carbonyl (C=O) groups is 2. The van der Waals surface area contributed by atoms with E-state index in [1.807, 2.05) is 18.7 Å². The van der Waals surface area contributed by atoms with Crippen LogP contribution in [0, 0.1) is 5.82 Å². The first-order valence-electron chi connectivity index (χ1n) is 9.22. The largest absolute Gasteiger partial charge is 0.339 e. The number of benzene rings is 2. The van der Waals surface area contributed by atoms with Crippen LogP contribution in [-0.2, 0) is 0 Å². The zero-order valence-corrected chi connectivity index (χ0v) is 16.8. The summed E-state index contributed by atoms with van der Waals surface area (Å²) in [6, 6.07) is 12.6. The van der Waals surface area contributed by atoms with Crippen molar-refractivity contribution in [2.24, 2.45) is 0 Å². The van der Waals surface area contributed by atoms with Crippen molar-refractivity contribution in [2.75, 3.05) is 18.4 Å². The van der Waals surface area contributed by atoms with Crippen LogP contribution in [0.5, 0.6) is 0 Å². The summed E-state index contributed by atoms with van der Waals surface area (Å²) in [5, 5.41) is 5.34. The van der Waals surface area contributed by atoms with Gasteiger partial charge in [0.2, 0.25) is 0 Å². The molecule has 0 radical (unpaired) electrons. The molecule has 0 fully saturated rings. The molecule has 0 atom stereocenters. The molecule has 7 heteroatoms. The molecule has 2 aromatic rings. The summed E-state index contributed by atoms with van der Waals surface area (Å²) in [4.78, 5) is 26.7. The molecule has 2 aromatic carbocycles. The van der Waals surface area contributed by atoms with Crippen molar-refractivity contribution in [1.82, 2.24) is 10.2 Å². The van der Waals surface area contributed by atoms with E-state index >= 15 is 0 Å². The number of amides is 2. The highest BCUT2D eigenvalue weighted by atomic mass is 32.1. The molecule has 2 amide bonds. The highest BCUT2D eigenvalue weighted by molar-refractivity contribution is 7.80. The van der Waals surface area contributed by atoms with Crippen LogP contribution in [0.4, 0.5) is 10.1 Å². The van der Waals surface area contributed by atoms with Gasteiger partial charge in [-0.3, -0.25) is 14.9 Å². The first-order chi connectivity index (χ1) is 13.5. The van der Waals surface area contributed by atoms with Crippen molar-refractivity contribution < 1.29 is 14.0 Å². The molecule has 2 rings (SSSR count). The number of hydrogen-bond acceptors (Lipinski definition) is 3. The van der Waals surface area contributed by atoms with Gasteiger partial charge in [-0.1, -0.05) is 32.0 Å². The van der Waals surface area contributed by atoms with Gasteiger partial charge in [-0.15, -0.1) is 0 Å². The van der Waals surface area contributed by atoms with E-state index in [1.54, 1.807) is 30.3 Å². The average molecular weight is 402 g/mol. The Morgan fingerprint density at radius 1 is 1.04 bits per heavy atom. The third-order valence-electron chi connectivity index (χ3n) is 3.99. The molecule has 0 saturated carbocycles. The fraction of sp³-hybridized carbons (Fsp3) is 0.286. The van der Waals surface area contributed by atoms with Crippen molar-refractivity contribution in [1.29, 1.82) is 0 Å². The lowest BCUT2D eigenvalue weighted by Crippen LogP contribution is -2.35. The lowest BCUT2D eigenvalue weighted by molar-refractivity contribution is 0.0755. The van der Waals surface area contributed by atoms with E-state index < -0.39 is 11.7 Å². The van der Waals surface area contributed by atoms with Crippen molar-refractivity contribution in [2.45, 2.75) is 26.7 Å². The normalized spacial score (nSPS) is 10.2. The Morgan fingerprint density at radius 2 is 1.71 bits per heavy atom. The molecule has 0 spiro atoms. The lowest BCUT2D eigenvalue weighted by atomic mass is 10.1. The summed E-state index contributed by atoms with van der Waals surface area (Å²) in [5.41, 5.74) is 1.01. The first-order valence-corrected chi connectivity index (χ1v) is 9.63.